The molecule has 0 bridgehead atoms. The van der Waals surface area contributed by atoms with Crippen molar-refractivity contribution in [1.29, 1.82) is 0 Å². The quantitative estimate of drug-likeness (QED) is 0.811. The molecule has 82 valence electrons. The molecule has 2 atom stereocenters. The van der Waals surface area contributed by atoms with E-state index in [1.807, 2.05) is 6.92 Å². The Bertz CT molecular complexity index is 353. The number of halogens is 1. The van der Waals surface area contributed by atoms with Gasteiger partial charge in [-0.1, -0.05) is 0 Å². The van der Waals surface area contributed by atoms with E-state index in [4.69, 9.17) is 10.5 Å². The number of hydrogen-bond donors (Lipinski definition) is 1. The van der Waals surface area contributed by atoms with Crippen LogP contribution in [0.4, 0.5) is 4.39 Å². The van der Waals surface area contributed by atoms with Crippen molar-refractivity contribution in [1.82, 2.24) is 0 Å². The fraction of sp³-hybridized carbons (Fsp3) is 0.500. The second-order valence-electron chi connectivity index (χ2n) is 4.16. The monoisotopic (exact) mass is 209 g/mol. The summed E-state index contributed by atoms with van der Waals surface area (Å²) >= 11 is 0. The van der Waals surface area contributed by atoms with Crippen molar-refractivity contribution in [2.75, 3.05) is 0 Å². The van der Waals surface area contributed by atoms with E-state index in [1.54, 1.807) is 6.07 Å². The molecule has 0 aliphatic heterocycles. The molecule has 0 heterocycles. The zero-order chi connectivity index (χ0) is 10.8. The van der Waals surface area contributed by atoms with Gasteiger partial charge in [0, 0.05) is 6.04 Å². The van der Waals surface area contributed by atoms with Crippen LogP contribution in [0, 0.1) is 12.7 Å². The molecule has 15 heavy (non-hydrogen) atoms. The van der Waals surface area contributed by atoms with Gasteiger partial charge >= 0.3 is 0 Å². The van der Waals surface area contributed by atoms with Gasteiger partial charge in [-0.25, -0.2) is 4.39 Å². The predicted molar refractivity (Wildman–Crippen MR) is 57.4 cm³/mol. The van der Waals surface area contributed by atoms with Crippen molar-refractivity contribution in [3.05, 3.63) is 29.6 Å². The second kappa shape index (κ2) is 4.19. The summed E-state index contributed by atoms with van der Waals surface area (Å²) in [6.45, 7) is 1.85. The van der Waals surface area contributed by atoms with Crippen molar-refractivity contribution >= 4 is 0 Å². The molecular weight excluding hydrogens is 193 g/mol. The smallest absolute Gasteiger partial charge is 0.123 e. The molecule has 1 aromatic carbocycles. The molecular formula is C12H16FNO. The van der Waals surface area contributed by atoms with Crippen LogP contribution >= 0.6 is 0 Å². The van der Waals surface area contributed by atoms with Crippen LogP contribution in [0.15, 0.2) is 18.2 Å². The van der Waals surface area contributed by atoms with Crippen molar-refractivity contribution in [3.63, 3.8) is 0 Å². The summed E-state index contributed by atoms with van der Waals surface area (Å²) < 4.78 is 18.6. The molecule has 0 aromatic heterocycles. The average Bonchev–Trinajstić information content (AvgIpc) is 2.57. The Morgan fingerprint density at radius 2 is 2.20 bits per heavy atom. The molecule has 1 aliphatic rings. The lowest BCUT2D eigenvalue weighted by Crippen LogP contribution is -2.33. The molecule has 2 nitrogen and oxygen atoms in total. The fourth-order valence-electron chi connectivity index (χ4n) is 2.01. The van der Waals surface area contributed by atoms with Gasteiger partial charge in [0.05, 0.1) is 0 Å². The number of aryl methyl sites for hydroxylation is 1. The first-order valence-corrected chi connectivity index (χ1v) is 5.35. The molecule has 0 amide bonds. The molecule has 3 heteroatoms. The van der Waals surface area contributed by atoms with Crippen LogP contribution in [0.5, 0.6) is 5.75 Å². The molecule has 2 rings (SSSR count). The molecule has 1 aliphatic carbocycles. The minimum atomic E-state index is -0.226. The van der Waals surface area contributed by atoms with E-state index in [1.165, 1.54) is 12.1 Å². The van der Waals surface area contributed by atoms with E-state index in [0.29, 0.717) is 0 Å². The van der Waals surface area contributed by atoms with Gasteiger partial charge < -0.3 is 10.5 Å². The SMILES string of the molecule is Cc1cc(F)ccc1OC1CCCC1N. The normalized spacial score (nSPS) is 25.5. The van der Waals surface area contributed by atoms with E-state index in [9.17, 15) is 4.39 Å². The number of nitrogens with two attached hydrogens (primary N) is 1. The van der Waals surface area contributed by atoms with Gasteiger partial charge in [0.15, 0.2) is 0 Å². The lowest BCUT2D eigenvalue weighted by Gasteiger charge is -2.19. The highest BCUT2D eigenvalue weighted by atomic mass is 19.1. The highest BCUT2D eigenvalue weighted by Crippen LogP contribution is 2.26. The lowest BCUT2D eigenvalue weighted by molar-refractivity contribution is 0.190. The Balaban J connectivity index is 2.10. The molecule has 1 aromatic rings. The van der Waals surface area contributed by atoms with Gasteiger partial charge in [-0.3, -0.25) is 0 Å². The minimum absolute atomic E-state index is 0.0918. The standard InChI is InChI=1S/C12H16FNO/c1-8-7-9(13)5-6-11(8)15-12-4-2-3-10(12)14/h5-7,10,12H,2-4,14H2,1H3. The summed E-state index contributed by atoms with van der Waals surface area (Å²) in [5.41, 5.74) is 6.74. The minimum Gasteiger partial charge on any atom is -0.489 e. The molecule has 2 unspecified atom stereocenters. The van der Waals surface area contributed by atoms with E-state index in [2.05, 4.69) is 0 Å². The predicted octanol–water partition coefficient (Wildman–Crippen LogP) is 2.39. The van der Waals surface area contributed by atoms with E-state index in [0.717, 1.165) is 30.6 Å². The highest BCUT2D eigenvalue weighted by Gasteiger charge is 2.25. The largest absolute Gasteiger partial charge is 0.489 e. The molecule has 0 spiro atoms. The Hall–Kier alpha value is -1.09. The molecule has 2 N–H and O–H groups in total. The molecule has 1 saturated carbocycles. The first-order valence-electron chi connectivity index (χ1n) is 5.35. The van der Waals surface area contributed by atoms with Crippen LogP contribution in [0.1, 0.15) is 24.8 Å². The fourth-order valence-corrected chi connectivity index (χ4v) is 2.01. The topological polar surface area (TPSA) is 35.2 Å². The number of hydrogen-bond acceptors (Lipinski definition) is 2. The van der Waals surface area contributed by atoms with Crippen molar-refractivity contribution < 1.29 is 9.13 Å². The zero-order valence-electron chi connectivity index (χ0n) is 8.87. The van der Waals surface area contributed by atoms with Crippen LogP contribution in [0.2, 0.25) is 0 Å². The van der Waals surface area contributed by atoms with E-state index >= 15 is 0 Å². The maximum atomic E-state index is 12.9. The van der Waals surface area contributed by atoms with E-state index in [-0.39, 0.29) is 18.0 Å². The summed E-state index contributed by atoms with van der Waals surface area (Å²) in [5, 5.41) is 0. The second-order valence-corrected chi connectivity index (χ2v) is 4.16. The lowest BCUT2D eigenvalue weighted by atomic mass is 10.2. The van der Waals surface area contributed by atoms with Crippen LogP contribution in [-0.4, -0.2) is 12.1 Å². The van der Waals surface area contributed by atoms with Gasteiger partial charge in [0.1, 0.15) is 17.7 Å². The van der Waals surface area contributed by atoms with Crippen LogP contribution in [0.3, 0.4) is 0 Å². The number of rotatable bonds is 2. The van der Waals surface area contributed by atoms with Gasteiger partial charge in [-0.15, -0.1) is 0 Å². The van der Waals surface area contributed by atoms with Crippen LogP contribution in [0.25, 0.3) is 0 Å². The van der Waals surface area contributed by atoms with Crippen molar-refractivity contribution in [3.8, 4) is 5.75 Å². The third-order valence-corrected chi connectivity index (χ3v) is 2.92. The third-order valence-electron chi connectivity index (χ3n) is 2.92. The van der Waals surface area contributed by atoms with Crippen molar-refractivity contribution in [2.45, 2.75) is 38.3 Å². The van der Waals surface area contributed by atoms with Gasteiger partial charge in [0.2, 0.25) is 0 Å². The Kier molecular flexibility index (Phi) is 2.91. The van der Waals surface area contributed by atoms with Crippen LogP contribution < -0.4 is 10.5 Å². The number of benzene rings is 1. The van der Waals surface area contributed by atoms with Gasteiger partial charge in [-0.2, -0.15) is 0 Å². The first kappa shape index (κ1) is 10.4. The third kappa shape index (κ3) is 2.29. The summed E-state index contributed by atoms with van der Waals surface area (Å²) in [6, 6.07) is 4.70. The first-order chi connectivity index (χ1) is 7.16. The maximum absolute atomic E-state index is 12.9. The highest BCUT2D eigenvalue weighted by molar-refractivity contribution is 5.32. The Morgan fingerprint density at radius 3 is 2.80 bits per heavy atom. The maximum Gasteiger partial charge on any atom is 0.123 e. The zero-order valence-corrected chi connectivity index (χ0v) is 8.87. The molecule has 0 saturated heterocycles. The summed E-state index contributed by atoms with van der Waals surface area (Å²) in [4.78, 5) is 0. The van der Waals surface area contributed by atoms with Gasteiger partial charge in [-0.05, 0) is 49.9 Å². The number of ether oxygens (including phenoxy) is 1. The average molecular weight is 209 g/mol. The Labute approximate surface area is 89.2 Å². The van der Waals surface area contributed by atoms with Gasteiger partial charge in [0.25, 0.3) is 0 Å². The van der Waals surface area contributed by atoms with E-state index < -0.39 is 0 Å². The molecule has 1 fully saturated rings. The van der Waals surface area contributed by atoms with Crippen LogP contribution in [-0.2, 0) is 0 Å². The molecule has 0 radical (unpaired) electrons. The summed E-state index contributed by atoms with van der Waals surface area (Å²) in [7, 11) is 0. The van der Waals surface area contributed by atoms with Crippen molar-refractivity contribution in [2.24, 2.45) is 5.73 Å². The summed E-state index contributed by atoms with van der Waals surface area (Å²) in [6.07, 6.45) is 3.23. The Morgan fingerprint density at radius 1 is 1.40 bits per heavy atom. The summed E-state index contributed by atoms with van der Waals surface area (Å²) in [5.74, 6) is 0.523.